The average molecular weight is 167 g/mol. The van der Waals surface area contributed by atoms with E-state index in [1.54, 1.807) is 0 Å². The van der Waals surface area contributed by atoms with Gasteiger partial charge in [0.05, 0.1) is 5.71 Å². The molecule has 2 aliphatic carbocycles. The second-order valence-electron chi connectivity index (χ2n) is 4.62. The van der Waals surface area contributed by atoms with Crippen LogP contribution in [-0.2, 0) is 0 Å². The summed E-state index contributed by atoms with van der Waals surface area (Å²) in [5, 5.41) is 12.1. The fourth-order valence-electron chi connectivity index (χ4n) is 3.06. The van der Waals surface area contributed by atoms with Gasteiger partial charge in [0.15, 0.2) is 0 Å². The van der Waals surface area contributed by atoms with Crippen LogP contribution < -0.4 is 0 Å². The van der Waals surface area contributed by atoms with Gasteiger partial charge in [0.25, 0.3) is 0 Å². The molecule has 2 unspecified atom stereocenters. The predicted octanol–water partition coefficient (Wildman–Crippen LogP) is 2.66. The number of fused-ring (bicyclic) bond motifs is 2. The quantitative estimate of drug-likeness (QED) is 0.436. The zero-order chi connectivity index (χ0) is 8.55. The molecule has 2 saturated carbocycles. The Hall–Kier alpha value is -0.530. The minimum absolute atomic E-state index is 0.818. The van der Waals surface area contributed by atoms with Crippen LogP contribution in [0, 0.1) is 17.8 Å². The van der Waals surface area contributed by atoms with Crippen LogP contribution in [0.4, 0.5) is 0 Å². The lowest BCUT2D eigenvalue weighted by Crippen LogP contribution is -2.30. The smallest absolute Gasteiger partial charge is 0.0576 e. The van der Waals surface area contributed by atoms with Gasteiger partial charge >= 0.3 is 0 Å². The third kappa shape index (κ3) is 1.47. The summed E-state index contributed by atoms with van der Waals surface area (Å²) in [5.41, 5.74) is 1.04. The summed E-state index contributed by atoms with van der Waals surface area (Å²) in [6.45, 7) is 2.35. The molecule has 0 aliphatic heterocycles. The molecule has 0 aromatic rings. The van der Waals surface area contributed by atoms with Gasteiger partial charge in [-0.1, -0.05) is 12.1 Å². The highest BCUT2D eigenvalue weighted by Crippen LogP contribution is 2.41. The Labute approximate surface area is 73.7 Å². The molecule has 0 aromatic heterocycles. The molecule has 2 rings (SSSR count). The van der Waals surface area contributed by atoms with Gasteiger partial charge < -0.3 is 5.21 Å². The molecule has 0 saturated heterocycles. The van der Waals surface area contributed by atoms with Gasteiger partial charge in [0, 0.05) is 0 Å². The van der Waals surface area contributed by atoms with E-state index in [0.717, 1.165) is 36.3 Å². The van der Waals surface area contributed by atoms with Gasteiger partial charge in [0.2, 0.25) is 0 Å². The molecule has 2 nitrogen and oxygen atoms in total. The molecule has 2 bridgehead atoms. The molecule has 0 amide bonds. The molecule has 2 atom stereocenters. The van der Waals surface area contributed by atoms with Crippen molar-refractivity contribution in [3.63, 3.8) is 0 Å². The standard InChI is InChI=1S/C10H17NO/c1-7-2-8-4-9(3-7)6-10(5-8)11-12/h7-9,12H,2-6H2,1H3. The molecule has 0 radical (unpaired) electrons. The summed E-state index contributed by atoms with van der Waals surface area (Å²) in [4.78, 5) is 0. The molecule has 0 aromatic carbocycles. The molecule has 1 N–H and O–H groups in total. The van der Waals surface area contributed by atoms with Crippen molar-refractivity contribution in [3.05, 3.63) is 0 Å². The first kappa shape index (κ1) is 8.09. The number of hydrogen-bond acceptors (Lipinski definition) is 2. The van der Waals surface area contributed by atoms with Gasteiger partial charge in [-0.15, -0.1) is 0 Å². The van der Waals surface area contributed by atoms with Crippen molar-refractivity contribution >= 4 is 5.71 Å². The van der Waals surface area contributed by atoms with Crippen LogP contribution in [0.25, 0.3) is 0 Å². The minimum atomic E-state index is 0.818. The SMILES string of the molecule is CC1CC2CC(=NO)CC(C1)C2. The second kappa shape index (κ2) is 3.08. The largest absolute Gasteiger partial charge is 0.411 e. The Morgan fingerprint density at radius 2 is 1.75 bits per heavy atom. The summed E-state index contributed by atoms with van der Waals surface area (Å²) in [6.07, 6.45) is 6.17. The highest BCUT2D eigenvalue weighted by atomic mass is 16.4. The van der Waals surface area contributed by atoms with Crippen LogP contribution in [0.5, 0.6) is 0 Å². The average Bonchev–Trinajstić information content (AvgIpc) is 2.02. The van der Waals surface area contributed by atoms with E-state index in [-0.39, 0.29) is 0 Å². The minimum Gasteiger partial charge on any atom is -0.411 e. The predicted molar refractivity (Wildman–Crippen MR) is 48.5 cm³/mol. The summed E-state index contributed by atoms with van der Waals surface area (Å²) < 4.78 is 0. The maximum Gasteiger partial charge on any atom is 0.0576 e. The third-order valence-corrected chi connectivity index (χ3v) is 3.33. The monoisotopic (exact) mass is 167 g/mol. The van der Waals surface area contributed by atoms with Gasteiger partial charge in [-0.2, -0.15) is 0 Å². The molecule has 2 aliphatic rings. The van der Waals surface area contributed by atoms with E-state index in [4.69, 9.17) is 5.21 Å². The summed E-state index contributed by atoms with van der Waals surface area (Å²) in [6, 6.07) is 0. The number of oxime groups is 1. The van der Waals surface area contributed by atoms with Crippen molar-refractivity contribution in [1.82, 2.24) is 0 Å². The summed E-state index contributed by atoms with van der Waals surface area (Å²) in [5.74, 6) is 2.53. The van der Waals surface area contributed by atoms with Crippen molar-refractivity contribution < 1.29 is 5.21 Å². The second-order valence-corrected chi connectivity index (χ2v) is 4.62. The molecule has 0 spiro atoms. The Kier molecular flexibility index (Phi) is 2.07. The summed E-state index contributed by atoms with van der Waals surface area (Å²) >= 11 is 0. The highest BCUT2D eigenvalue weighted by molar-refractivity contribution is 5.85. The fraction of sp³-hybridized carbons (Fsp3) is 0.900. The Balaban J connectivity index is 2.05. The number of rotatable bonds is 0. The van der Waals surface area contributed by atoms with Gasteiger partial charge in [0.1, 0.15) is 0 Å². The van der Waals surface area contributed by atoms with Crippen LogP contribution in [0.1, 0.15) is 39.0 Å². The Morgan fingerprint density at radius 1 is 1.17 bits per heavy atom. The maximum absolute atomic E-state index is 8.70. The zero-order valence-electron chi connectivity index (χ0n) is 7.66. The lowest BCUT2D eigenvalue weighted by atomic mass is 9.68. The lowest BCUT2D eigenvalue weighted by Gasteiger charge is -2.37. The van der Waals surface area contributed by atoms with E-state index < -0.39 is 0 Å². The van der Waals surface area contributed by atoms with E-state index >= 15 is 0 Å². The van der Waals surface area contributed by atoms with Crippen molar-refractivity contribution in [2.24, 2.45) is 22.9 Å². The van der Waals surface area contributed by atoms with Crippen molar-refractivity contribution in [3.8, 4) is 0 Å². The van der Waals surface area contributed by atoms with E-state index in [1.165, 1.54) is 19.3 Å². The van der Waals surface area contributed by atoms with Crippen molar-refractivity contribution in [2.75, 3.05) is 0 Å². The van der Waals surface area contributed by atoms with Crippen LogP contribution in [0.15, 0.2) is 5.16 Å². The molecule has 0 heterocycles. The van der Waals surface area contributed by atoms with Crippen LogP contribution in [-0.4, -0.2) is 10.9 Å². The lowest BCUT2D eigenvalue weighted by molar-refractivity contribution is 0.192. The maximum atomic E-state index is 8.70. The first-order valence-electron chi connectivity index (χ1n) is 4.97. The highest BCUT2D eigenvalue weighted by Gasteiger charge is 2.32. The summed E-state index contributed by atoms with van der Waals surface area (Å²) in [7, 11) is 0. The van der Waals surface area contributed by atoms with Gasteiger partial charge in [-0.3, -0.25) is 0 Å². The number of nitrogens with zero attached hydrogens (tertiary/aromatic N) is 1. The molecule has 2 fully saturated rings. The topological polar surface area (TPSA) is 32.6 Å². The normalized spacial score (nSPS) is 41.1. The van der Waals surface area contributed by atoms with Crippen LogP contribution in [0.3, 0.4) is 0 Å². The van der Waals surface area contributed by atoms with Gasteiger partial charge in [-0.05, 0) is 49.9 Å². The Bertz CT molecular complexity index is 180. The Morgan fingerprint density at radius 3 is 2.25 bits per heavy atom. The zero-order valence-corrected chi connectivity index (χ0v) is 7.66. The van der Waals surface area contributed by atoms with Crippen molar-refractivity contribution in [1.29, 1.82) is 0 Å². The fourth-order valence-corrected chi connectivity index (χ4v) is 3.06. The van der Waals surface area contributed by atoms with E-state index in [2.05, 4.69) is 12.1 Å². The van der Waals surface area contributed by atoms with Crippen LogP contribution in [0.2, 0.25) is 0 Å². The first-order valence-corrected chi connectivity index (χ1v) is 4.97. The molecular formula is C10H17NO. The molecule has 12 heavy (non-hydrogen) atoms. The molecular weight excluding hydrogens is 150 g/mol. The number of hydrogen-bond donors (Lipinski definition) is 1. The van der Waals surface area contributed by atoms with E-state index in [0.29, 0.717) is 0 Å². The van der Waals surface area contributed by atoms with Crippen molar-refractivity contribution in [2.45, 2.75) is 39.0 Å². The van der Waals surface area contributed by atoms with Gasteiger partial charge in [-0.25, -0.2) is 0 Å². The van der Waals surface area contributed by atoms with E-state index in [1.807, 2.05) is 0 Å². The molecule has 2 heteroatoms. The molecule has 68 valence electrons. The van der Waals surface area contributed by atoms with Crippen LogP contribution >= 0.6 is 0 Å². The first-order chi connectivity index (χ1) is 5.78. The van der Waals surface area contributed by atoms with E-state index in [9.17, 15) is 0 Å². The third-order valence-electron chi connectivity index (χ3n) is 3.33.